The van der Waals surface area contributed by atoms with Gasteiger partial charge in [0, 0.05) is 19.6 Å². The summed E-state index contributed by atoms with van der Waals surface area (Å²) in [6, 6.07) is 0. The lowest BCUT2D eigenvalue weighted by Gasteiger charge is -2.22. The van der Waals surface area contributed by atoms with E-state index in [2.05, 4.69) is 0 Å². The second-order valence-electron chi connectivity index (χ2n) is 4.28. The zero-order valence-corrected chi connectivity index (χ0v) is 7.64. The van der Waals surface area contributed by atoms with Crippen LogP contribution < -0.4 is 0 Å². The van der Waals surface area contributed by atoms with Crippen LogP contribution in [-0.4, -0.2) is 19.0 Å². The van der Waals surface area contributed by atoms with Crippen molar-refractivity contribution in [2.75, 3.05) is 13.2 Å². The van der Waals surface area contributed by atoms with Gasteiger partial charge >= 0.3 is 0 Å². The van der Waals surface area contributed by atoms with Crippen molar-refractivity contribution in [3.63, 3.8) is 0 Å². The van der Waals surface area contributed by atoms with Crippen molar-refractivity contribution >= 4 is 5.78 Å². The van der Waals surface area contributed by atoms with Crippen molar-refractivity contribution in [1.82, 2.24) is 0 Å². The van der Waals surface area contributed by atoms with E-state index in [-0.39, 0.29) is 0 Å². The van der Waals surface area contributed by atoms with Gasteiger partial charge in [0.1, 0.15) is 5.78 Å². The summed E-state index contributed by atoms with van der Waals surface area (Å²) >= 11 is 0. The Morgan fingerprint density at radius 3 is 2.75 bits per heavy atom. The molecule has 1 heterocycles. The van der Waals surface area contributed by atoms with Crippen molar-refractivity contribution in [1.29, 1.82) is 0 Å². The van der Waals surface area contributed by atoms with Gasteiger partial charge in [-0.2, -0.15) is 0 Å². The van der Waals surface area contributed by atoms with Crippen LogP contribution in [0.15, 0.2) is 0 Å². The first-order chi connectivity index (χ1) is 5.73. The fourth-order valence-corrected chi connectivity index (χ4v) is 2.46. The Balaban J connectivity index is 1.86. The smallest absolute Gasteiger partial charge is 0.130 e. The van der Waals surface area contributed by atoms with Crippen LogP contribution >= 0.6 is 0 Å². The van der Waals surface area contributed by atoms with Gasteiger partial charge in [0.2, 0.25) is 0 Å². The van der Waals surface area contributed by atoms with E-state index in [0.717, 1.165) is 19.6 Å². The van der Waals surface area contributed by atoms with Crippen molar-refractivity contribution in [3.8, 4) is 0 Å². The molecule has 2 rings (SSSR count). The van der Waals surface area contributed by atoms with Gasteiger partial charge in [-0.05, 0) is 37.5 Å². The van der Waals surface area contributed by atoms with Crippen LogP contribution in [0.3, 0.4) is 0 Å². The molecule has 0 aromatic carbocycles. The summed E-state index contributed by atoms with van der Waals surface area (Å²) < 4.78 is 5.31. The van der Waals surface area contributed by atoms with Crippen molar-refractivity contribution in [2.24, 2.45) is 11.3 Å². The molecule has 1 aliphatic heterocycles. The highest BCUT2D eigenvalue weighted by atomic mass is 16.5. The average molecular weight is 168 g/mol. The highest BCUT2D eigenvalue weighted by molar-refractivity contribution is 5.76. The van der Waals surface area contributed by atoms with Gasteiger partial charge in [0.25, 0.3) is 0 Å². The molecule has 0 amide bonds. The molecule has 1 aliphatic carbocycles. The molecule has 2 heteroatoms. The van der Waals surface area contributed by atoms with Gasteiger partial charge in [0.05, 0.1) is 0 Å². The quantitative estimate of drug-likeness (QED) is 0.628. The maximum Gasteiger partial charge on any atom is 0.130 e. The maximum absolute atomic E-state index is 10.9. The molecule has 2 nitrogen and oxygen atoms in total. The monoisotopic (exact) mass is 168 g/mol. The molecule has 0 bridgehead atoms. The highest BCUT2D eigenvalue weighted by Gasteiger charge is 2.53. The van der Waals surface area contributed by atoms with E-state index in [9.17, 15) is 4.79 Å². The van der Waals surface area contributed by atoms with Gasteiger partial charge in [0.15, 0.2) is 0 Å². The number of Topliss-reactive ketones (excluding diaryl/α,β-unsaturated/α-hetero) is 1. The van der Waals surface area contributed by atoms with E-state index in [4.69, 9.17) is 4.74 Å². The maximum atomic E-state index is 10.9. The topological polar surface area (TPSA) is 26.3 Å². The molecule has 1 spiro atoms. The van der Waals surface area contributed by atoms with Gasteiger partial charge in [-0.25, -0.2) is 0 Å². The lowest BCUT2D eigenvalue weighted by atomic mass is 9.92. The number of ether oxygens (including phenoxy) is 1. The molecule has 12 heavy (non-hydrogen) atoms. The highest BCUT2D eigenvalue weighted by Crippen LogP contribution is 2.60. The molecular weight excluding hydrogens is 152 g/mol. The molecule has 68 valence electrons. The second-order valence-corrected chi connectivity index (χ2v) is 4.28. The first-order valence-corrected chi connectivity index (χ1v) is 4.80. The van der Waals surface area contributed by atoms with Crippen LogP contribution in [0.1, 0.15) is 32.6 Å². The SMILES string of the molecule is CC(=O)CC1CC12CCOCC2. The summed E-state index contributed by atoms with van der Waals surface area (Å²) in [5, 5.41) is 0. The number of hydrogen-bond donors (Lipinski definition) is 0. The summed E-state index contributed by atoms with van der Waals surface area (Å²) in [6.07, 6.45) is 4.45. The van der Waals surface area contributed by atoms with E-state index < -0.39 is 0 Å². The molecule has 2 aliphatic rings. The Bertz CT molecular complexity index is 192. The molecular formula is C10H16O2. The minimum Gasteiger partial charge on any atom is -0.381 e. The zero-order chi connectivity index (χ0) is 8.60. The van der Waals surface area contributed by atoms with Crippen LogP contribution in [0.4, 0.5) is 0 Å². The van der Waals surface area contributed by atoms with Crippen LogP contribution in [0, 0.1) is 11.3 Å². The normalized spacial score (nSPS) is 31.9. The van der Waals surface area contributed by atoms with Gasteiger partial charge < -0.3 is 9.53 Å². The summed E-state index contributed by atoms with van der Waals surface area (Å²) in [5.74, 6) is 1.04. The second kappa shape index (κ2) is 2.84. The van der Waals surface area contributed by atoms with Crippen LogP contribution in [0.2, 0.25) is 0 Å². The Hall–Kier alpha value is -0.370. The average Bonchev–Trinajstić information content (AvgIpc) is 2.63. The molecule has 1 saturated heterocycles. The first-order valence-electron chi connectivity index (χ1n) is 4.80. The fourth-order valence-electron chi connectivity index (χ4n) is 2.46. The lowest BCUT2D eigenvalue weighted by molar-refractivity contribution is -0.117. The fraction of sp³-hybridized carbons (Fsp3) is 0.900. The molecule has 0 aromatic rings. The third-order valence-corrected chi connectivity index (χ3v) is 3.38. The minimum atomic E-state index is 0.350. The van der Waals surface area contributed by atoms with Crippen molar-refractivity contribution in [2.45, 2.75) is 32.6 Å². The molecule has 2 fully saturated rings. The Kier molecular flexibility index (Phi) is 1.95. The number of carbonyl (C=O) groups is 1. The van der Waals surface area contributed by atoms with Crippen LogP contribution in [0.5, 0.6) is 0 Å². The first kappa shape index (κ1) is 8.24. The van der Waals surface area contributed by atoms with E-state index in [1.54, 1.807) is 6.92 Å². The van der Waals surface area contributed by atoms with E-state index in [1.807, 2.05) is 0 Å². The molecule has 1 atom stereocenters. The van der Waals surface area contributed by atoms with Gasteiger partial charge in [-0.15, -0.1) is 0 Å². The summed E-state index contributed by atoms with van der Waals surface area (Å²) in [5.41, 5.74) is 0.532. The molecule has 0 aromatic heterocycles. The molecule has 1 saturated carbocycles. The predicted octanol–water partition coefficient (Wildman–Crippen LogP) is 1.78. The Morgan fingerprint density at radius 1 is 1.50 bits per heavy atom. The number of ketones is 1. The predicted molar refractivity (Wildman–Crippen MR) is 45.9 cm³/mol. The Morgan fingerprint density at radius 2 is 2.17 bits per heavy atom. The largest absolute Gasteiger partial charge is 0.381 e. The number of carbonyl (C=O) groups excluding carboxylic acids is 1. The lowest BCUT2D eigenvalue weighted by Crippen LogP contribution is -2.19. The van der Waals surface area contributed by atoms with Crippen molar-refractivity contribution in [3.05, 3.63) is 0 Å². The van der Waals surface area contributed by atoms with Crippen molar-refractivity contribution < 1.29 is 9.53 Å². The molecule has 0 radical (unpaired) electrons. The minimum absolute atomic E-state index is 0.350. The van der Waals surface area contributed by atoms with Gasteiger partial charge in [-0.1, -0.05) is 0 Å². The molecule has 1 unspecified atom stereocenters. The third-order valence-electron chi connectivity index (χ3n) is 3.38. The van der Waals surface area contributed by atoms with Gasteiger partial charge in [-0.3, -0.25) is 0 Å². The molecule has 0 N–H and O–H groups in total. The number of hydrogen-bond acceptors (Lipinski definition) is 2. The van der Waals surface area contributed by atoms with E-state index in [1.165, 1.54) is 19.3 Å². The van der Waals surface area contributed by atoms with E-state index in [0.29, 0.717) is 17.1 Å². The van der Waals surface area contributed by atoms with Crippen LogP contribution in [-0.2, 0) is 9.53 Å². The van der Waals surface area contributed by atoms with Crippen LogP contribution in [0.25, 0.3) is 0 Å². The van der Waals surface area contributed by atoms with E-state index >= 15 is 0 Å². The third kappa shape index (κ3) is 1.40. The zero-order valence-electron chi connectivity index (χ0n) is 7.64. The number of rotatable bonds is 2. The summed E-state index contributed by atoms with van der Waals surface area (Å²) in [7, 11) is 0. The standard InChI is InChI=1S/C10H16O2/c1-8(11)6-9-7-10(9)2-4-12-5-3-10/h9H,2-7H2,1H3. The summed E-state index contributed by atoms with van der Waals surface area (Å²) in [4.78, 5) is 10.9. The summed E-state index contributed by atoms with van der Waals surface area (Å²) in [6.45, 7) is 3.52. The Labute approximate surface area is 73.3 Å².